The normalized spacial score (nSPS) is 22.6. The number of benzene rings is 1. The molecule has 3 heterocycles. The number of fused-ring (bicyclic) bond motifs is 1. The van der Waals surface area contributed by atoms with Gasteiger partial charge in [0.1, 0.15) is 12.6 Å². The van der Waals surface area contributed by atoms with E-state index in [0.29, 0.717) is 19.4 Å². The van der Waals surface area contributed by atoms with Crippen molar-refractivity contribution < 1.29 is 14.3 Å². The quantitative estimate of drug-likeness (QED) is 0.627. The van der Waals surface area contributed by atoms with Crippen LogP contribution in [-0.2, 0) is 14.3 Å². The van der Waals surface area contributed by atoms with Gasteiger partial charge < -0.3 is 10.1 Å². The highest BCUT2D eigenvalue weighted by Crippen LogP contribution is 2.27. The molecular weight excluding hydrogens is 344 g/mol. The molecule has 4 rings (SSSR count). The molecular formula is C20H22N4O3. The van der Waals surface area contributed by atoms with Crippen molar-refractivity contribution in [3.63, 3.8) is 0 Å². The highest BCUT2D eigenvalue weighted by atomic mass is 16.5. The van der Waals surface area contributed by atoms with E-state index in [4.69, 9.17) is 4.74 Å². The fraction of sp³-hybridized carbons (Fsp3) is 0.450. The second kappa shape index (κ2) is 7.51. The van der Waals surface area contributed by atoms with Crippen molar-refractivity contribution in [3.05, 3.63) is 29.5 Å². The van der Waals surface area contributed by atoms with E-state index in [1.807, 2.05) is 25.1 Å². The highest BCUT2D eigenvalue weighted by Gasteiger charge is 2.30. The number of nitrogens with zero attached hydrogens (tertiary/aromatic N) is 2. The molecule has 1 unspecified atom stereocenters. The predicted molar refractivity (Wildman–Crippen MR) is 100.0 cm³/mol. The minimum atomic E-state index is -0.472. The summed E-state index contributed by atoms with van der Waals surface area (Å²) < 4.78 is 7.47. The van der Waals surface area contributed by atoms with E-state index < -0.39 is 6.04 Å². The van der Waals surface area contributed by atoms with Gasteiger partial charge in [-0.25, -0.2) is 0 Å². The Morgan fingerprint density at radius 3 is 3.00 bits per heavy atom. The van der Waals surface area contributed by atoms with Crippen LogP contribution in [0, 0.1) is 18.8 Å². The number of piperidine rings is 1. The Kier molecular flexibility index (Phi) is 4.92. The van der Waals surface area contributed by atoms with Crippen LogP contribution in [0.5, 0.6) is 0 Å². The number of rotatable bonds is 3. The van der Waals surface area contributed by atoms with Crippen molar-refractivity contribution in [2.75, 3.05) is 19.7 Å². The van der Waals surface area contributed by atoms with Crippen molar-refractivity contribution in [1.29, 1.82) is 0 Å². The van der Waals surface area contributed by atoms with E-state index in [9.17, 15) is 9.59 Å². The average Bonchev–Trinajstić information content (AvgIpc) is 3.28. The molecule has 0 bridgehead atoms. The number of carbonyl (C=O) groups is 2. The molecule has 2 atom stereocenters. The minimum Gasteiger partial charge on any atom is -0.364 e. The average molecular weight is 366 g/mol. The fourth-order valence-electron chi connectivity index (χ4n) is 3.70. The summed E-state index contributed by atoms with van der Waals surface area (Å²) in [7, 11) is 0. The first-order chi connectivity index (χ1) is 13.1. The van der Waals surface area contributed by atoms with Crippen molar-refractivity contribution in [3.8, 4) is 11.8 Å². The first-order valence-corrected chi connectivity index (χ1v) is 9.26. The molecule has 2 saturated heterocycles. The summed E-state index contributed by atoms with van der Waals surface area (Å²) in [5.74, 6) is 5.75. The zero-order valence-electron chi connectivity index (χ0n) is 15.2. The van der Waals surface area contributed by atoms with Crippen LogP contribution in [0.15, 0.2) is 18.2 Å². The van der Waals surface area contributed by atoms with Crippen LogP contribution < -0.4 is 10.6 Å². The number of amides is 2. The number of aryl methyl sites for hydroxylation is 1. The second-order valence-corrected chi connectivity index (χ2v) is 6.92. The molecule has 1 aromatic heterocycles. The van der Waals surface area contributed by atoms with Crippen LogP contribution in [-0.4, -0.2) is 47.4 Å². The van der Waals surface area contributed by atoms with Gasteiger partial charge in [0.25, 0.3) is 5.91 Å². The van der Waals surface area contributed by atoms with Crippen molar-refractivity contribution in [2.45, 2.75) is 38.3 Å². The van der Waals surface area contributed by atoms with Gasteiger partial charge in [-0.1, -0.05) is 17.9 Å². The lowest BCUT2D eigenvalue weighted by Gasteiger charge is -2.21. The number of hydrogen-bond acceptors (Lipinski definition) is 5. The summed E-state index contributed by atoms with van der Waals surface area (Å²) in [4.78, 5) is 23.7. The Balaban J connectivity index is 1.59. The zero-order valence-corrected chi connectivity index (χ0v) is 15.2. The standard InChI is InChI=1S/C20H22N4O3/c1-13-19-14(5-3-11-27-15-9-10-21-12-15)4-2-6-16(19)24(23-13)17-7-8-18(25)22-20(17)26/h2,4,6,15,17,21H,7-12H2,1H3,(H,22,25,26)/t15-,17?/m0/s1. The maximum Gasteiger partial charge on any atom is 0.251 e. The topological polar surface area (TPSA) is 85.2 Å². The molecule has 2 N–H and O–H groups in total. The second-order valence-electron chi connectivity index (χ2n) is 6.92. The Hall–Kier alpha value is -2.69. The molecule has 2 amide bonds. The molecule has 7 heteroatoms. The zero-order chi connectivity index (χ0) is 18.8. The SMILES string of the molecule is Cc1nn(C2CCC(=O)NC2=O)c2cccc(C#CCO[C@H]3CCNC3)c12. The van der Waals surface area contributed by atoms with Gasteiger partial charge in [-0.2, -0.15) is 5.10 Å². The fourth-order valence-corrected chi connectivity index (χ4v) is 3.70. The summed E-state index contributed by atoms with van der Waals surface area (Å²) in [5.41, 5.74) is 2.55. The van der Waals surface area contributed by atoms with E-state index in [1.165, 1.54) is 0 Å². The Bertz CT molecular complexity index is 947. The maximum absolute atomic E-state index is 12.2. The third-order valence-electron chi connectivity index (χ3n) is 5.04. The summed E-state index contributed by atoms with van der Waals surface area (Å²) in [6, 6.07) is 5.33. The van der Waals surface area contributed by atoms with Gasteiger partial charge in [0.15, 0.2) is 0 Å². The van der Waals surface area contributed by atoms with Crippen molar-refractivity contribution in [2.24, 2.45) is 0 Å². The van der Waals surface area contributed by atoms with Gasteiger partial charge in [-0.3, -0.25) is 19.6 Å². The lowest BCUT2D eigenvalue weighted by molar-refractivity contribution is -0.135. The molecule has 2 aliphatic rings. The maximum atomic E-state index is 12.2. The summed E-state index contributed by atoms with van der Waals surface area (Å²) in [6.07, 6.45) is 2.05. The van der Waals surface area contributed by atoms with Crippen molar-refractivity contribution >= 4 is 22.7 Å². The third-order valence-corrected chi connectivity index (χ3v) is 5.04. The van der Waals surface area contributed by atoms with Crippen LogP contribution in [0.4, 0.5) is 0 Å². The van der Waals surface area contributed by atoms with E-state index in [0.717, 1.165) is 41.7 Å². The molecule has 0 radical (unpaired) electrons. The van der Waals surface area contributed by atoms with E-state index in [1.54, 1.807) is 4.68 Å². The number of nitrogens with one attached hydrogen (secondary N) is 2. The van der Waals surface area contributed by atoms with Crippen LogP contribution in [0.1, 0.15) is 36.6 Å². The third kappa shape index (κ3) is 3.59. The molecule has 140 valence electrons. The molecule has 0 saturated carbocycles. The van der Waals surface area contributed by atoms with Gasteiger partial charge in [-0.15, -0.1) is 0 Å². The number of ether oxygens (including phenoxy) is 1. The number of aromatic nitrogens is 2. The van der Waals surface area contributed by atoms with Gasteiger partial charge in [-0.05, 0) is 38.4 Å². The minimum absolute atomic E-state index is 0.228. The first kappa shape index (κ1) is 17.7. The number of imide groups is 1. The van der Waals surface area contributed by atoms with Crippen LogP contribution in [0.25, 0.3) is 10.9 Å². The van der Waals surface area contributed by atoms with E-state index in [-0.39, 0.29) is 17.9 Å². The lowest BCUT2D eigenvalue weighted by Crippen LogP contribution is -2.42. The Labute approximate surface area is 157 Å². The molecule has 2 fully saturated rings. The highest BCUT2D eigenvalue weighted by molar-refractivity contribution is 6.00. The van der Waals surface area contributed by atoms with E-state index in [2.05, 4.69) is 27.6 Å². The summed E-state index contributed by atoms with van der Waals surface area (Å²) >= 11 is 0. The largest absolute Gasteiger partial charge is 0.364 e. The summed E-state index contributed by atoms with van der Waals surface area (Å²) in [6.45, 7) is 4.19. The Morgan fingerprint density at radius 2 is 2.22 bits per heavy atom. The first-order valence-electron chi connectivity index (χ1n) is 9.26. The molecule has 2 aliphatic heterocycles. The van der Waals surface area contributed by atoms with Crippen molar-refractivity contribution in [1.82, 2.24) is 20.4 Å². The molecule has 0 aliphatic carbocycles. The molecule has 2 aromatic rings. The van der Waals surface area contributed by atoms with Gasteiger partial charge >= 0.3 is 0 Å². The summed E-state index contributed by atoms with van der Waals surface area (Å²) in [5, 5.41) is 11.2. The number of carbonyl (C=O) groups excluding carboxylic acids is 2. The molecule has 1 aromatic carbocycles. The van der Waals surface area contributed by atoms with Crippen LogP contribution >= 0.6 is 0 Å². The monoisotopic (exact) mass is 366 g/mol. The smallest absolute Gasteiger partial charge is 0.251 e. The molecule has 7 nitrogen and oxygen atoms in total. The van der Waals surface area contributed by atoms with Gasteiger partial charge in [0.05, 0.1) is 17.3 Å². The predicted octanol–water partition coefficient (Wildman–Crippen LogP) is 1.05. The molecule has 0 spiro atoms. The van der Waals surface area contributed by atoms with Gasteiger partial charge in [0.2, 0.25) is 5.91 Å². The Morgan fingerprint density at radius 1 is 1.33 bits per heavy atom. The molecule has 27 heavy (non-hydrogen) atoms. The number of hydrogen-bond donors (Lipinski definition) is 2. The van der Waals surface area contributed by atoms with E-state index >= 15 is 0 Å². The van der Waals surface area contributed by atoms with Crippen LogP contribution in [0.2, 0.25) is 0 Å². The van der Waals surface area contributed by atoms with Crippen LogP contribution in [0.3, 0.4) is 0 Å². The lowest BCUT2D eigenvalue weighted by atomic mass is 10.1. The van der Waals surface area contributed by atoms with Gasteiger partial charge in [0, 0.05) is 23.9 Å².